The summed E-state index contributed by atoms with van der Waals surface area (Å²) < 4.78 is 0. The van der Waals surface area contributed by atoms with Crippen molar-refractivity contribution in [2.75, 3.05) is 19.0 Å². The van der Waals surface area contributed by atoms with Crippen LogP contribution in [0.25, 0.3) is 0 Å². The Bertz CT molecular complexity index is 638. The molecule has 0 aliphatic carbocycles. The fourth-order valence-electron chi connectivity index (χ4n) is 2.21. The lowest BCUT2D eigenvalue weighted by Gasteiger charge is -2.11. The molecule has 2 aromatic rings. The van der Waals surface area contributed by atoms with Crippen LogP contribution in [0.15, 0.2) is 58.7 Å². The third-order valence-electron chi connectivity index (χ3n) is 3.69. The van der Waals surface area contributed by atoms with Crippen LogP contribution in [0.4, 0.5) is 5.69 Å². The van der Waals surface area contributed by atoms with Crippen LogP contribution in [-0.4, -0.2) is 26.5 Å². The van der Waals surface area contributed by atoms with Gasteiger partial charge in [0.25, 0.3) is 0 Å². The second kappa shape index (κ2) is 8.89. The fraction of sp³-hybridized carbons (Fsp3) is 0.300. The van der Waals surface area contributed by atoms with Gasteiger partial charge in [0.2, 0.25) is 0 Å². The van der Waals surface area contributed by atoms with Crippen molar-refractivity contribution in [2.45, 2.75) is 26.2 Å². The van der Waals surface area contributed by atoms with Crippen LogP contribution in [0.2, 0.25) is 0 Å². The molecule has 0 fully saturated rings. The van der Waals surface area contributed by atoms with Crippen molar-refractivity contribution in [3.63, 3.8) is 0 Å². The molecular formula is C20H25N3. The average molecular weight is 307 g/mol. The van der Waals surface area contributed by atoms with E-state index in [-0.39, 0.29) is 0 Å². The summed E-state index contributed by atoms with van der Waals surface area (Å²) in [5.41, 5.74) is 4.68. The summed E-state index contributed by atoms with van der Waals surface area (Å²) in [6.07, 6.45) is 7.17. The Hall–Kier alpha value is -2.42. The summed E-state index contributed by atoms with van der Waals surface area (Å²) >= 11 is 0. The molecule has 3 nitrogen and oxygen atoms in total. The molecule has 0 radical (unpaired) electrons. The highest BCUT2D eigenvalue weighted by Gasteiger charge is 1.94. The first kappa shape index (κ1) is 16.9. The van der Waals surface area contributed by atoms with Gasteiger partial charge in [-0.05, 0) is 41.7 Å². The van der Waals surface area contributed by atoms with Crippen LogP contribution >= 0.6 is 0 Å². The van der Waals surface area contributed by atoms with Crippen LogP contribution in [0.1, 0.15) is 36.5 Å². The first-order valence-electron chi connectivity index (χ1n) is 8.12. The van der Waals surface area contributed by atoms with Gasteiger partial charge in [0.1, 0.15) is 0 Å². The molecule has 3 heteroatoms. The zero-order valence-corrected chi connectivity index (χ0v) is 14.2. The molecule has 0 aromatic heterocycles. The van der Waals surface area contributed by atoms with Crippen molar-refractivity contribution in [2.24, 2.45) is 10.2 Å². The maximum atomic E-state index is 4.12. The second-order valence-corrected chi connectivity index (χ2v) is 5.82. The van der Waals surface area contributed by atoms with Gasteiger partial charge in [-0.3, -0.25) is 0 Å². The molecular weight excluding hydrogens is 282 g/mol. The highest BCUT2D eigenvalue weighted by Crippen LogP contribution is 2.11. The van der Waals surface area contributed by atoms with Crippen LogP contribution in [0.3, 0.4) is 0 Å². The van der Waals surface area contributed by atoms with E-state index in [0.717, 1.165) is 17.5 Å². The largest absolute Gasteiger partial charge is 0.378 e. The lowest BCUT2D eigenvalue weighted by atomic mass is 10.1. The molecule has 2 rings (SSSR count). The van der Waals surface area contributed by atoms with Gasteiger partial charge in [-0.2, -0.15) is 10.2 Å². The van der Waals surface area contributed by atoms with E-state index in [1.54, 1.807) is 12.4 Å². The molecule has 23 heavy (non-hydrogen) atoms. The van der Waals surface area contributed by atoms with Crippen molar-refractivity contribution in [1.29, 1.82) is 0 Å². The minimum atomic E-state index is 1.04. The van der Waals surface area contributed by atoms with E-state index in [1.807, 2.05) is 26.2 Å². The molecule has 0 amide bonds. The molecule has 0 N–H and O–H groups in total. The molecule has 0 aliphatic heterocycles. The van der Waals surface area contributed by atoms with Gasteiger partial charge in [0.05, 0.1) is 12.4 Å². The Morgan fingerprint density at radius 3 is 1.83 bits per heavy atom. The van der Waals surface area contributed by atoms with Crippen molar-refractivity contribution < 1.29 is 0 Å². The highest BCUT2D eigenvalue weighted by atomic mass is 15.2. The molecule has 0 atom stereocenters. The Kier molecular flexibility index (Phi) is 6.55. The number of aryl methyl sites for hydroxylation is 1. The normalized spacial score (nSPS) is 11.4. The zero-order chi connectivity index (χ0) is 16.5. The summed E-state index contributed by atoms with van der Waals surface area (Å²) in [4.78, 5) is 2.07. The summed E-state index contributed by atoms with van der Waals surface area (Å²) in [6, 6.07) is 16.7. The maximum Gasteiger partial charge on any atom is 0.0568 e. The number of nitrogens with zero attached hydrogens (tertiary/aromatic N) is 3. The molecule has 2 aromatic carbocycles. The number of benzene rings is 2. The van der Waals surface area contributed by atoms with Gasteiger partial charge in [-0.25, -0.2) is 0 Å². The molecule has 0 bridgehead atoms. The monoisotopic (exact) mass is 307 g/mol. The van der Waals surface area contributed by atoms with E-state index in [9.17, 15) is 0 Å². The van der Waals surface area contributed by atoms with E-state index in [2.05, 4.69) is 58.4 Å². The van der Waals surface area contributed by atoms with Crippen molar-refractivity contribution in [3.8, 4) is 0 Å². The molecule has 0 aliphatic rings. The van der Waals surface area contributed by atoms with Crippen LogP contribution in [-0.2, 0) is 6.42 Å². The van der Waals surface area contributed by atoms with Gasteiger partial charge >= 0.3 is 0 Å². The zero-order valence-electron chi connectivity index (χ0n) is 14.2. The first-order valence-corrected chi connectivity index (χ1v) is 8.12. The van der Waals surface area contributed by atoms with Crippen molar-refractivity contribution >= 4 is 18.1 Å². The van der Waals surface area contributed by atoms with E-state index in [4.69, 9.17) is 0 Å². The first-order chi connectivity index (χ1) is 11.2. The number of unbranched alkanes of at least 4 members (excludes halogenated alkanes) is 1. The Morgan fingerprint density at radius 2 is 1.35 bits per heavy atom. The SMILES string of the molecule is CCCCc1ccc(/C=N/N=C/c2ccc(N(C)C)cc2)cc1. The standard InChI is InChI=1S/C20H25N3/c1-4-5-6-17-7-9-18(10-8-17)15-21-22-16-19-11-13-20(14-12-19)23(2)3/h7-16H,4-6H2,1-3H3/b21-15+,22-16+. The number of hydrogen-bond acceptors (Lipinski definition) is 3. The smallest absolute Gasteiger partial charge is 0.0568 e. The summed E-state index contributed by atoms with van der Waals surface area (Å²) in [5.74, 6) is 0. The summed E-state index contributed by atoms with van der Waals surface area (Å²) in [7, 11) is 4.06. The maximum absolute atomic E-state index is 4.12. The Labute approximate surface area is 139 Å². The minimum absolute atomic E-state index is 1.04. The van der Waals surface area contributed by atoms with Crippen LogP contribution in [0.5, 0.6) is 0 Å². The molecule has 0 spiro atoms. The van der Waals surface area contributed by atoms with Gasteiger partial charge < -0.3 is 4.90 Å². The summed E-state index contributed by atoms with van der Waals surface area (Å²) in [6.45, 7) is 2.22. The average Bonchev–Trinajstić information content (AvgIpc) is 2.58. The van der Waals surface area contributed by atoms with Crippen LogP contribution in [0, 0.1) is 0 Å². The fourth-order valence-corrected chi connectivity index (χ4v) is 2.21. The topological polar surface area (TPSA) is 28.0 Å². The molecule has 0 unspecified atom stereocenters. The lowest BCUT2D eigenvalue weighted by molar-refractivity contribution is 0.795. The molecule has 0 heterocycles. The Morgan fingerprint density at radius 1 is 0.826 bits per heavy atom. The Balaban J connectivity index is 1.90. The van der Waals surface area contributed by atoms with Gasteiger partial charge in [0.15, 0.2) is 0 Å². The third kappa shape index (κ3) is 5.70. The van der Waals surface area contributed by atoms with E-state index in [0.29, 0.717) is 0 Å². The van der Waals surface area contributed by atoms with E-state index >= 15 is 0 Å². The highest BCUT2D eigenvalue weighted by molar-refractivity contribution is 5.83. The number of anilines is 1. The third-order valence-corrected chi connectivity index (χ3v) is 3.69. The van der Waals surface area contributed by atoms with Crippen molar-refractivity contribution in [1.82, 2.24) is 0 Å². The molecule has 0 saturated carbocycles. The minimum Gasteiger partial charge on any atom is -0.378 e. The van der Waals surface area contributed by atoms with Gasteiger partial charge in [-0.15, -0.1) is 0 Å². The number of rotatable bonds is 7. The lowest BCUT2D eigenvalue weighted by Crippen LogP contribution is -2.08. The molecule has 0 saturated heterocycles. The molecule has 120 valence electrons. The van der Waals surface area contributed by atoms with Gasteiger partial charge in [-0.1, -0.05) is 49.7 Å². The van der Waals surface area contributed by atoms with Crippen molar-refractivity contribution in [3.05, 3.63) is 65.2 Å². The van der Waals surface area contributed by atoms with Crippen LogP contribution < -0.4 is 4.90 Å². The summed E-state index contributed by atoms with van der Waals surface area (Å²) in [5, 5.41) is 8.23. The predicted molar refractivity (Wildman–Crippen MR) is 101 cm³/mol. The predicted octanol–water partition coefficient (Wildman–Crippen LogP) is 4.55. The second-order valence-electron chi connectivity index (χ2n) is 5.82. The quantitative estimate of drug-likeness (QED) is 0.545. The van der Waals surface area contributed by atoms with Gasteiger partial charge in [0, 0.05) is 19.8 Å². The van der Waals surface area contributed by atoms with E-state index in [1.165, 1.54) is 24.1 Å². The van der Waals surface area contributed by atoms with E-state index < -0.39 is 0 Å². The number of hydrogen-bond donors (Lipinski definition) is 0.